The summed E-state index contributed by atoms with van der Waals surface area (Å²) in [5.74, 6) is 0.392. The zero-order valence-electron chi connectivity index (χ0n) is 17.3. The number of aromatic nitrogens is 5. The van der Waals surface area contributed by atoms with Crippen LogP contribution in [-0.2, 0) is 12.8 Å². The first-order valence-corrected chi connectivity index (χ1v) is 10.3. The molecule has 7 nitrogen and oxygen atoms in total. The van der Waals surface area contributed by atoms with Gasteiger partial charge in [0.05, 0.1) is 11.1 Å². The van der Waals surface area contributed by atoms with Gasteiger partial charge in [0.25, 0.3) is 5.56 Å². The van der Waals surface area contributed by atoms with Crippen LogP contribution in [0.5, 0.6) is 0 Å². The molecule has 0 bridgehead atoms. The Labute approximate surface area is 178 Å². The lowest BCUT2D eigenvalue weighted by molar-refractivity contribution is 0.931. The minimum absolute atomic E-state index is 0.158. The third kappa shape index (κ3) is 2.59. The number of nitrogens with one attached hydrogen (secondary N) is 1. The van der Waals surface area contributed by atoms with E-state index in [1.807, 2.05) is 20.2 Å². The van der Waals surface area contributed by atoms with Crippen LogP contribution in [0.1, 0.15) is 11.1 Å². The van der Waals surface area contributed by atoms with Gasteiger partial charge in [-0.25, -0.2) is 14.5 Å². The fourth-order valence-corrected chi connectivity index (χ4v) is 4.53. The van der Waals surface area contributed by atoms with Crippen molar-refractivity contribution in [2.45, 2.75) is 12.8 Å². The van der Waals surface area contributed by atoms with E-state index in [0.29, 0.717) is 16.8 Å². The highest BCUT2D eigenvalue weighted by Crippen LogP contribution is 2.40. The number of nitrogens with zero attached hydrogens (tertiary/aromatic N) is 5. The third-order valence-corrected chi connectivity index (χ3v) is 6.08. The predicted molar refractivity (Wildman–Crippen MR) is 122 cm³/mol. The van der Waals surface area contributed by atoms with Crippen molar-refractivity contribution < 1.29 is 0 Å². The fourth-order valence-electron chi connectivity index (χ4n) is 4.53. The third-order valence-electron chi connectivity index (χ3n) is 6.08. The number of aryl methyl sites for hydroxylation is 1. The first-order valence-electron chi connectivity index (χ1n) is 10.3. The number of H-pyrrole nitrogens is 1. The highest BCUT2D eigenvalue weighted by Gasteiger charge is 2.25. The van der Waals surface area contributed by atoms with E-state index in [1.54, 1.807) is 0 Å². The maximum absolute atomic E-state index is 13.5. The summed E-state index contributed by atoms with van der Waals surface area (Å²) in [5, 5.41) is 7.32. The van der Waals surface area contributed by atoms with Crippen molar-refractivity contribution >= 4 is 22.5 Å². The average molecular weight is 408 g/mol. The molecule has 0 aliphatic heterocycles. The van der Waals surface area contributed by atoms with Crippen molar-refractivity contribution in [3.8, 4) is 22.4 Å². The van der Waals surface area contributed by atoms with Gasteiger partial charge in [-0.05, 0) is 41.7 Å². The van der Waals surface area contributed by atoms with Crippen molar-refractivity contribution in [1.29, 1.82) is 0 Å². The highest BCUT2D eigenvalue weighted by molar-refractivity contribution is 5.98. The minimum Gasteiger partial charge on any atom is -0.378 e. The van der Waals surface area contributed by atoms with Gasteiger partial charge < -0.3 is 4.90 Å². The predicted octanol–water partition coefficient (Wildman–Crippen LogP) is 3.46. The second-order valence-electron chi connectivity index (χ2n) is 8.08. The molecule has 5 aromatic rings. The molecule has 7 heteroatoms. The van der Waals surface area contributed by atoms with E-state index in [9.17, 15) is 4.79 Å². The molecule has 1 N–H and O–H groups in total. The molecule has 152 valence electrons. The van der Waals surface area contributed by atoms with E-state index in [1.165, 1.54) is 16.3 Å². The van der Waals surface area contributed by atoms with E-state index in [2.05, 4.69) is 62.5 Å². The highest BCUT2D eigenvalue weighted by atomic mass is 16.1. The van der Waals surface area contributed by atoms with Crippen LogP contribution in [0.4, 0.5) is 5.69 Å². The zero-order valence-corrected chi connectivity index (χ0v) is 17.3. The minimum atomic E-state index is -0.158. The molecule has 1 aliphatic carbocycles. The van der Waals surface area contributed by atoms with Crippen molar-refractivity contribution in [3.63, 3.8) is 0 Å². The maximum Gasteiger partial charge on any atom is 0.270 e. The Kier molecular flexibility index (Phi) is 3.74. The average Bonchev–Trinajstić information content (AvgIpc) is 3.27. The molecule has 1 aliphatic rings. The van der Waals surface area contributed by atoms with E-state index in [0.717, 1.165) is 46.5 Å². The van der Waals surface area contributed by atoms with Crippen molar-refractivity contribution in [3.05, 3.63) is 76.3 Å². The monoisotopic (exact) mass is 408 g/mol. The number of pyridine rings is 1. The molecule has 6 rings (SSSR count). The van der Waals surface area contributed by atoms with Gasteiger partial charge in [0.2, 0.25) is 5.78 Å². The Morgan fingerprint density at radius 2 is 1.81 bits per heavy atom. The Bertz CT molecular complexity index is 1530. The summed E-state index contributed by atoms with van der Waals surface area (Å²) in [6.45, 7) is 0. The van der Waals surface area contributed by atoms with Crippen LogP contribution in [0.3, 0.4) is 0 Å². The molecule has 0 amide bonds. The molecule has 3 heterocycles. The lowest BCUT2D eigenvalue weighted by Crippen LogP contribution is -2.18. The molecular weight excluding hydrogens is 388 g/mol. The Balaban J connectivity index is 1.76. The first-order chi connectivity index (χ1) is 15.1. The number of fused-ring (bicyclic) bond motifs is 5. The molecule has 0 saturated carbocycles. The van der Waals surface area contributed by atoms with E-state index in [-0.39, 0.29) is 5.56 Å². The summed E-state index contributed by atoms with van der Waals surface area (Å²) in [7, 11) is 4.03. The van der Waals surface area contributed by atoms with Crippen LogP contribution in [0, 0.1) is 0 Å². The molecule has 0 saturated heterocycles. The van der Waals surface area contributed by atoms with E-state index in [4.69, 9.17) is 4.98 Å². The Morgan fingerprint density at radius 1 is 1.00 bits per heavy atom. The van der Waals surface area contributed by atoms with Crippen LogP contribution < -0.4 is 10.5 Å². The molecule has 31 heavy (non-hydrogen) atoms. The zero-order chi connectivity index (χ0) is 21.1. The van der Waals surface area contributed by atoms with Gasteiger partial charge in [0, 0.05) is 30.9 Å². The van der Waals surface area contributed by atoms with Gasteiger partial charge >= 0.3 is 0 Å². The Hall–Kier alpha value is -4.00. The van der Waals surface area contributed by atoms with Crippen LogP contribution in [0.2, 0.25) is 0 Å². The normalized spacial score (nSPS) is 12.7. The number of hydrogen-bond donors (Lipinski definition) is 1. The standard InChI is InChI=1S/C24H20N6O/c1-29(2)16-10-7-15(8-11-16)19-18-12-9-14-5-3-4-6-17(14)21(18)26-22-20(19)23(31)30-13-25-28-24(30)27-22/h3-8,10-11,13H,9,12H2,1-2H3,(H,26,27,28). The van der Waals surface area contributed by atoms with Gasteiger partial charge in [-0.15, -0.1) is 0 Å². The number of anilines is 1. The number of hydrogen-bond acceptors (Lipinski definition) is 5. The summed E-state index contributed by atoms with van der Waals surface area (Å²) >= 11 is 0. The van der Waals surface area contributed by atoms with Crippen molar-refractivity contribution in [1.82, 2.24) is 24.6 Å². The van der Waals surface area contributed by atoms with Gasteiger partial charge in [0.1, 0.15) is 6.33 Å². The van der Waals surface area contributed by atoms with Crippen LogP contribution >= 0.6 is 0 Å². The molecule has 2 aromatic carbocycles. The van der Waals surface area contributed by atoms with Gasteiger partial charge in [-0.1, -0.05) is 36.4 Å². The fraction of sp³-hybridized carbons (Fsp3) is 0.167. The second kappa shape index (κ2) is 6.50. The molecule has 0 radical (unpaired) electrons. The first kappa shape index (κ1) is 17.8. The second-order valence-corrected chi connectivity index (χ2v) is 8.08. The smallest absolute Gasteiger partial charge is 0.270 e. The molecule has 0 fully saturated rings. The van der Waals surface area contributed by atoms with Crippen LogP contribution in [-0.4, -0.2) is 38.7 Å². The molecular formula is C24H20N6O. The van der Waals surface area contributed by atoms with E-state index < -0.39 is 0 Å². The molecule has 3 aromatic heterocycles. The number of rotatable bonds is 2. The van der Waals surface area contributed by atoms with E-state index >= 15 is 0 Å². The number of benzene rings is 2. The topological polar surface area (TPSA) is 79.2 Å². The van der Waals surface area contributed by atoms with Crippen molar-refractivity contribution in [2.24, 2.45) is 0 Å². The Morgan fingerprint density at radius 3 is 2.61 bits per heavy atom. The van der Waals surface area contributed by atoms with Crippen LogP contribution in [0.25, 0.3) is 39.2 Å². The quantitative estimate of drug-likeness (QED) is 0.484. The largest absolute Gasteiger partial charge is 0.378 e. The molecule has 0 atom stereocenters. The van der Waals surface area contributed by atoms with Gasteiger partial charge in [0.15, 0.2) is 5.65 Å². The van der Waals surface area contributed by atoms with Gasteiger partial charge in [-0.2, -0.15) is 10.1 Å². The van der Waals surface area contributed by atoms with Crippen molar-refractivity contribution in [2.75, 3.05) is 19.0 Å². The summed E-state index contributed by atoms with van der Waals surface area (Å²) in [5.41, 5.74) is 7.71. The lowest BCUT2D eigenvalue weighted by Gasteiger charge is -2.23. The lowest BCUT2D eigenvalue weighted by atomic mass is 9.84. The SMILES string of the molecule is CN(C)c1ccc(-c2c3c(nc4nc5[nH]ncn5c(=O)c24)-c2ccccc2CC3)cc1. The van der Waals surface area contributed by atoms with Crippen LogP contribution in [0.15, 0.2) is 59.7 Å². The summed E-state index contributed by atoms with van der Waals surface area (Å²) in [6, 6.07) is 16.7. The number of aromatic amines is 1. The molecule has 0 spiro atoms. The van der Waals surface area contributed by atoms with Gasteiger partial charge in [-0.3, -0.25) is 4.79 Å². The summed E-state index contributed by atoms with van der Waals surface area (Å²) in [4.78, 5) is 25.1. The maximum atomic E-state index is 13.5. The molecule has 0 unspecified atom stereocenters. The summed E-state index contributed by atoms with van der Waals surface area (Å²) in [6.07, 6.45) is 3.22. The summed E-state index contributed by atoms with van der Waals surface area (Å²) < 4.78 is 1.45.